The maximum atomic E-state index is 12.5. The van der Waals surface area contributed by atoms with Crippen LogP contribution in [0.3, 0.4) is 0 Å². The Labute approximate surface area is 163 Å². The molecule has 3 heterocycles. The molecule has 5 nitrogen and oxygen atoms in total. The molecular weight excluding hydrogens is 338 g/mol. The van der Waals surface area contributed by atoms with Gasteiger partial charge in [0.25, 0.3) is 0 Å². The smallest absolute Gasteiger partial charge is 0.222 e. The molecule has 0 N–H and O–H groups in total. The summed E-state index contributed by atoms with van der Waals surface area (Å²) in [5.41, 5.74) is 1.54. The van der Waals surface area contributed by atoms with Crippen molar-refractivity contribution in [3.63, 3.8) is 0 Å². The first kappa shape index (κ1) is 18.9. The SMILES string of the molecule is O=C1CC[C@]2(CCCN(CCN3CCOCC3)C2)CN1Cc1ccccc1. The van der Waals surface area contributed by atoms with Crippen LogP contribution in [0, 0.1) is 5.41 Å². The van der Waals surface area contributed by atoms with Crippen LogP contribution in [0.25, 0.3) is 0 Å². The lowest BCUT2D eigenvalue weighted by molar-refractivity contribution is -0.140. The van der Waals surface area contributed by atoms with Gasteiger partial charge in [-0.15, -0.1) is 0 Å². The molecule has 1 aromatic rings. The quantitative estimate of drug-likeness (QED) is 0.795. The van der Waals surface area contributed by atoms with Gasteiger partial charge in [-0.2, -0.15) is 0 Å². The number of amides is 1. The van der Waals surface area contributed by atoms with Crippen LogP contribution in [-0.2, 0) is 16.1 Å². The van der Waals surface area contributed by atoms with E-state index in [1.165, 1.54) is 24.9 Å². The molecule has 3 fully saturated rings. The van der Waals surface area contributed by atoms with Gasteiger partial charge in [0.15, 0.2) is 0 Å². The van der Waals surface area contributed by atoms with E-state index >= 15 is 0 Å². The predicted molar refractivity (Wildman–Crippen MR) is 106 cm³/mol. The Morgan fingerprint density at radius 3 is 2.52 bits per heavy atom. The molecule has 1 atom stereocenters. The van der Waals surface area contributed by atoms with E-state index in [2.05, 4.69) is 39.0 Å². The van der Waals surface area contributed by atoms with Crippen molar-refractivity contribution in [2.75, 3.05) is 59.0 Å². The molecule has 0 bridgehead atoms. The molecule has 3 saturated heterocycles. The minimum Gasteiger partial charge on any atom is -0.379 e. The molecule has 1 spiro atoms. The van der Waals surface area contributed by atoms with Gasteiger partial charge in [-0.1, -0.05) is 30.3 Å². The monoisotopic (exact) mass is 371 g/mol. The number of rotatable bonds is 5. The van der Waals surface area contributed by atoms with Crippen LogP contribution in [0.2, 0.25) is 0 Å². The number of ether oxygens (including phenoxy) is 1. The third-order valence-corrected chi connectivity index (χ3v) is 6.54. The van der Waals surface area contributed by atoms with Crippen LogP contribution < -0.4 is 0 Å². The average Bonchev–Trinajstić information content (AvgIpc) is 2.71. The first-order valence-electron chi connectivity index (χ1n) is 10.6. The second kappa shape index (κ2) is 8.72. The van der Waals surface area contributed by atoms with Gasteiger partial charge < -0.3 is 14.5 Å². The van der Waals surface area contributed by atoms with Crippen molar-refractivity contribution >= 4 is 5.91 Å². The maximum absolute atomic E-state index is 12.5. The molecule has 27 heavy (non-hydrogen) atoms. The first-order chi connectivity index (χ1) is 13.2. The summed E-state index contributed by atoms with van der Waals surface area (Å²) in [6, 6.07) is 10.4. The molecule has 1 aromatic carbocycles. The summed E-state index contributed by atoms with van der Waals surface area (Å²) in [7, 11) is 0. The number of hydrogen-bond acceptors (Lipinski definition) is 4. The fourth-order valence-electron chi connectivity index (χ4n) is 4.99. The zero-order valence-electron chi connectivity index (χ0n) is 16.4. The van der Waals surface area contributed by atoms with E-state index in [1.807, 2.05) is 6.07 Å². The molecule has 1 amide bonds. The Kier molecular flexibility index (Phi) is 6.11. The van der Waals surface area contributed by atoms with Gasteiger partial charge in [0.05, 0.1) is 13.2 Å². The van der Waals surface area contributed by atoms with Crippen molar-refractivity contribution in [3.05, 3.63) is 35.9 Å². The Hall–Kier alpha value is -1.43. The van der Waals surface area contributed by atoms with Crippen molar-refractivity contribution < 1.29 is 9.53 Å². The molecule has 0 saturated carbocycles. The van der Waals surface area contributed by atoms with Crippen LogP contribution >= 0.6 is 0 Å². The maximum Gasteiger partial charge on any atom is 0.222 e. The second-order valence-electron chi connectivity index (χ2n) is 8.57. The third kappa shape index (κ3) is 4.89. The number of hydrogen-bond donors (Lipinski definition) is 0. The number of benzene rings is 1. The summed E-state index contributed by atoms with van der Waals surface area (Å²) in [4.78, 5) is 19.8. The number of piperidine rings is 2. The van der Waals surface area contributed by atoms with E-state index < -0.39 is 0 Å². The lowest BCUT2D eigenvalue weighted by Crippen LogP contribution is -2.54. The number of morpholine rings is 1. The largest absolute Gasteiger partial charge is 0.379 e. The van der Waals surface area contributed by atoms with Gasteiger partial charge in [-0.25, -0.2) is 0 Å². The fourth-order valence-corrected chi connectivity index (χ4v) is 4.99. The number of likely N-dealkylation sites (tertiary alicyclic amines) is 2. The highest BCUT2D eigenvalue weighted by Gasteiger charge is 2.41. The second-order valence-corrected chi connectivity index (χ2v) is 8.57. The highest BCUT2D eigenvalue weighted by Crippen LogP contribution is 2.39. The Morgan fingerprint density at radius 1 is 0.926 bits per heavy atom. The number of carbonyl (C=O) groups is 1. The zero-order chi connectivity index (χ0) is 18.5. The highest BCUT2D eigenvalue weighted by atomic mass is 16.5. The molecule has 4 rings (SSSR count). The molecule has 0 aliphatic carbocycles. The summed E-state index contributed by atoms with van der Waals surface area (Å²) in [5, 5.41) is 0. The van der Waals surface area contributed by atoms with Crippen LogP contribution in [0.5, 0.6) is 0 Å². The van der Waals surface area contributed by atoms with Crippen molar-refractivity contribution in [1.82, 2.24) is 14.7 Å². The van der Waals surface area contributed by atoms with E-state index in [4.69, 9.17) is 4.74 Å². The number of carbonyl (C=O) groups excluding carboxylic acids is 1. The minimum absolute atomic E-state index is 0.298. The summed E-state index contributed by atoms with van der Waals surface area (Å²) >= 11 is 0. The Bertz CT molecular complexity index is 617. The molecule has 148 valence electrons. The predicted octanol–water partition coefficient (Wildman–Crippen LogP) is 2.22. The third-order valence-electron chi connectivity index (χ3n) is 6.54. The minimum atomic E-state index is 0.298. The topological polar surface area (TPSA) is 36.0 Å². The molecular formula is C22H33N3O2. The lowest BCUT2D eigenvalue weighted by Gasteiger charge is -2.48. The normalized spacial score (nSPS) is 28.0. The van der Waals surface area contributed by atoms with Crippen molar-refractivity contribution in [2.24, 2.45) is 5.41 Å². The summed E-state index contributed by atoms with van der Waals surface area (Å²) in [6.07, 6.45) is 4.30. The average molecular weight is 372 g/mol. The van der Waals surface area contributed by atoms with Crippen molar-refractivity contribution in [3.8, 4) is 0 Å². The lowest BCUT2D eigenvalue weighted by atomic mass is 9.73. The molecule has 0 unspecified atom stereocenters. The molecule has 3 aliphatic rings. The first-order valence-corrected chi connectivity index (χ1v) is 10.6. The molecule has 0 radical (unpaired) electrons. The zero-order valence-corrected chi connectivity index (χ0v) is 16.4. The Morgan fingerprint density at radius 2 is 1.70 bits per heavy atom. The van der Waals surface area contributed by atoms with Gasteiger partial charge in [0, 0.05) is 57.6 Å². The van der Waals surface area contributed by atoms with Gasteiger partial charge in [-0.05, 0) is 31.4 Å². The van der Waals surface area contributed by atoms with Crippen LogP contribution in [-0.4, -0.2) is 79.6 Å². The summed E-state index contributed by atoms with van der Waals surface area (Å²) in [6.45, 7) is 10.2. The Balaban J connectivity index is 1.34. The van der Waals surface area contributed by atoms with E-state index in [0.717, 1.165) is 65.4 Å². The molecule has 3 aliphatic heterocycles. The van der Waals surface area contributed by atoms with E-state index in [9.17, 15) is 4.79 Å². The van der Waals surface area contributed by atoms with Crippen LogP contribution in [0.1, 0.15) is 31.2 Å². The van der Waals surface area contributed by atoms with Crippen molar-refractivity contribution in [1.29, 1.82) is 0 Å². The van der Waals surface area contributed by atoms with E-state index in [0.29, 0.717) is 17.7 Å². The highest BCUT2D eigenvalue weighted by molar-refractivity contribution is 5.77. The number of nitrogens with zero attached hydrogens (tertiary/aromatic N) is 3. The molecule has 0 aromatic heterocycles. The summed E-state index contributed by atoms with van der Waals surface area (Å²) in [5.74, 6) is 0.329. The van der Waals surface area contributed by atoms with E-state index in [-0.39, 0.29) is 0 Å². The van der Waals surface area contributed by atoms with E-state index in [1.54, 1.807) is 0 Å². The van der Waals surface area contributed by atoms with Crippen molar-refractivity contribution in [2.45, 2.75) is 32.2 Å². The standard InChI is InChI=1S/C22H33N3O2/c26-21-7-9-22(19-25(21)17-20-5-2-1-3-6-20)8-4-10-24(18-22)12-11-23-13-15-27-16-14-23/h1-3,5-6H,4,7-19H2/t22-/m0/s1. The van der Waals surface area contributed by atoms with Gasteiger partial charge >= 0.3 is 0 Å². The van der Waals surface area contributed by atoms with Crippen LogP contribution in [0.4, 0.5) is 0 Å². The van der Waals surface area contributed by atoms with Gasteiger partial charge in [0.1, 0.15) is 0 Å². The fraction of sp³-hybridized carbons (Fsp3) is 0.682. The molecule has 5 heteroatoms. The van der Waals surface area contributed by atoms with Gasteiger partial charge in [-0.3, -0.25) is 9.69 Å². The van der Waals surface area contributed by atoms with Gasteiger partial charge in [0.2, 0.25) is 5.91 Å². The van der Waals surface area contributed by atoms with Crippen LogP contribution in [0.15, 0.2) is 30.3 Å². The summed E-state index contributed by atoms with van der Waals surface area (Å²) < 4.78 is 5.46.